The van der Waals surface area contributed by atoms with E-state index in [9.17, 15) is 0 Å². The molecule has 3 aliphatic heterocycles. The van der Waals surface area contributed by atoms with Crippen LogP contribution in [-0.4, -0.2) is 68.7 Å². The van der Waals surface area contributed by atoms with Crippen LogP contribution < -0.4 is 5.32 Å². The maximum atomic E-state index is 6.28. The molecule has 3 aliphatic rings. The Balaban J connectivity index is 0.00000225. The number of aliphatic imine (C=N–C) groups is 1. The highest BCUT2D eigenvalue weighted by atomic mass is 127. The molecular weight excluding hydrogens is 487 g/mol. The van der Waals surface area contributed by atoms with E-state index in [1.54, 1.807) is 0 Å². The Morgan fingerprint density at radius 3 is 2.79 bits per heavy atom. The number of halogens is 2. The zero-order valence-corrected chi connectivity index (χ0v) is 19.8. The van der Waals surface area contributed by atoms with Crippen molar-refractivity contribution in [2.24, 2.45) is 10.4 Å². The molecule has 28 heavy (non-hydrogen) atoms. The van der Waals surface area contributed by atoms with Gasteiger partial charge in [0.1, 0.15) is 0 Å². The Kier molecular flexibility index (Phi) is 7.87. The first-order valence-corrected chi connectivity index (χ1v) is 10.6. The van der Waals surface area contributed by atoms with Gasteiger partial charge in [-0.1, -0.05) is 23.7 Å². The molecule has 0 aromatic heterocycles. The van der Waals surface area contributed by atoms with Gasteiger partial charge in [-0.05, 0) is 56.5 Å². The van der Waals surface area contributed by atoms with E-state index in [2.05, 4.69) is 38.3 Å². The Bertz CT molecular complexity index is 674. The van der Waals surface area contributed by atoms with E-state index in [1.165, 1.54) is 31.2 Å². The minimum atomic E-state index is 0. The lowest BCUT2D eigenvalue weighted by Gasteiger charge is -2.31. The number of guanidine groups is 1. The molecule has 0 amide bonds. The lowest BCUT2D eigenvalue weighted by molar-refractivity contribution is 0.156. The van der Waals surface area contributed by atoms with Gasteiger partial charge in [0, 0.05) is 43.7 Å². The minimum Gasteiger partial charge on any atom is -0.381 e. The Hall–Kier alpha value is -0.570. The molecular formula is C21H32ClIN4O. The average molecular weight is 519 g/mol. The summed E-state index contributed by atoms with van der Waals surface area (Å²) >= 11 is 6.28. The highest BCUT2D eigenvalue weighted by molar-refractivity contribution is 14.0. The molecule has 7 heteroatoms. The Morgan fingerprint density at radius 1 is 1.29 bits per heavy atom. The van der Waals surface area contributed by atoms with E-state index in [-0.39, 0.29) is 24.0 Å². The molecule has 5 nitrogen and oxygen atoms in total. The summed E-state index contributed by atoms with van der Waals surface area (Å²) in [5.74, 6) is 1.02. The van der Waals surface area contributed by atoms with Crippen molar-refractivity contribution in [2.75, 3.05) is 53.0 Å². The predicted octanol–water partition coefficient (Wildman–Crippen LogP) is 3.78. The molecule has 0 bridgehead atoms. The molecule has 3 saturated heterocycles. The van der Waals surface area contributed by atoms with E-state index in [1.807, 2.05) is 13.1 Å². The molecule has 2 atom stereocenters. The van der Waals surface area contributed by atoms with Gasteiger partial charge in [0.2, 0.25) is 0 Å². The number of nitrogens with zero attached hydrogens (tertiary/aromatic N) is 3. The van der Waals surface area contributed by atoms with Crippen molar-refractivity contribution in [3.05, 3.63) is 34.9 Å². The number of nitrogens with one attached hydrogen (secondary N) is 1. The highest BCUT2D eigenvalue weighted by Gasteiger charge is 2.42. The van der Waals surface area contributed by atoms with E-state index in [4.69, 9.17) is 16.3 Å². The zero-order valence-electron chi connectivity index (χ0n) is 16.7. The number of benzene rings is 1. The van der Waals surface area contributed by atoms with Crippen LogP contribution in [0.15, 0.2) is 29.3 Å². The zero-order chi connectivity index (χ0) is 18.7. The van der Waals surface area contributed by atoms with Crippen LogP contribution in [0, 0.1) is 5.41 Å². The number of likely N-dealkylation sites (tertiary alicyclic amines) is 2. The van der Waals surface area contributed by atoms with Crippen LogP contribution in [0.2, 0.25) is 5.02 Å². The minimum absolute atomic E-state index is 0. The van der Waals surface area contributed by atoms with Crippen LogP contribution in [0.5, 0.6) is 0 Å². The van der Waals surface area contributed by atoms with Gasteiger partial charge in [0.05, 0.1) is 12.6 Å². The molecule has 1 aromatic carbocycles. The Labute approximate surface area is 190 Å². The average Bonchev–Trinajstić information content (AvgIpc) is 3.43. The van der Waals surface area contributed by atoms with E-state index >= 15 is 0 Å². The summed E-state index contributed by atoms with van der Waals surface area (Å²) in [4.78, 5) is 9.56. The van der Waals surface area contributed by atoms with Crippen LogP contribution in [0.4, 0.5) is 0 Å². The molecule has 1 aromatic rings. The molecule has 1 spiro atoms. The van der Waals surface area contributed by atoms with Crippen LogP contribution >= 0.6 is 35.6 Å². The predicted molar refractivity (Wildman–Crippen MR) is 126 cm³/mol. The van der Waals surface area contributed by atoms with E-state index in [0.717, 1.165) is 56.9 Å². The van der Waals surface area contributed by atoms with Crippen molar-refractivity contribution in [3.8, 4) is 0 Å². The van der Waals surface area contributed by atoms with Crippen molar-refractivity contribution in [3.63, 3.8) is 0 Å². The third kappa shape index (κ3) is 4.94. The molecule has 3 fully saturated rings. The third-order valence-electron chi connectivity index (χ3n) is 6.40. The molecule has 0 saturated carbocycles. The summed E-state index contributed by atoms with van der Waals surface area (Å²) in [6, 6.07) is 8.64. The number of hydrogen-bond acceptors (Lipinski definition) is 3. The molecule has 156 valence electrons. The van der Waals surface area contributed by atoms with Gasteiger partial charge in [0.25, 0.3) is 0 Å². The maximum absolute atomic E-state index is 6.28. The number of rotatable bonds is 4. The smallest absolute Gasteiger partial charge is 0.193 e. The Morgan fingerprint density at radius 2 is 2.11 bits per heavy atom. The lowest BCUT2D eigenvalue weighted by atomic mass is 9.87. The largest absolute Gasteiger partial charge is 0.381 e. The lowest BCUT2D eigenvalue weighted by Crippen LogP contribution is -2.45. The third-order valence-corrected chi connectivity index (χ3v) is 6.64. The van der Waals surface area contributed by atoms with Gasteiger partial charge in [-0.3, -0.25) is 9.89 Å². The molecule has 2 unspecified atom stereocenters. The van der Waals surface area contributed by atoms with E-state index < -0.39 is 0 Å². The fourth-order valence-corrected chi connectivity index (χ4v) is 5.03. The first-order valence-electron chi connectivity index (χ1n) is 10.2. The molecule has 1 N–H and O–H groups in total. The SMILES string of the molecule is CN=C(NCC(c1cccc(Cl)c1)N1CCCC1)N1CCC2(CCOC2)C1.I. The van der Waals surface area contributed by atoms with Crippen LogP contribution in [-0.2, 0) is 4.74 Å². The second-order valence-corrected chi connectivity index (χ2v) is 8.65. The normalized spacial score (nSPS) is 26.6. The number of hydrogen-bond donors (Lipinski definition) is 1. The summed E-state index contributed by atoms with van der Waals surface area (Å²) in [7, 11) is 1.89. The van der Waals surface area contributed by atoms with Crippen molar-refractivity contribution in [1.29, 1.82) is 0 Å². The second-order valence-electron chi connectivity index (χ2n) is 8.22. The van der Waals surface area contributed by atoms with Crippen LogP contribution in [0.1, 0.15) is 37.3 Å². The second kappa shape index (κ2) is 9.96. The van der Waals surface area contributed by atoms with Crippen molar-refractivity contribution in [2.45, 2.75) is 31.7 Å². The quantitative estimate of drug-likeness (QED) is 0.374. The highest BCUT2D eigenvalue weighted by Crippen LogP contribution is 2.38. The first kappa shape index (κ1) is 22.1. The van der Waals surface area contributed by atoms with Crippen LogP contribution in [0.25, 0.3) is 0 Å². The topological polar surface area (TPSA) is 40.1 Å². The summed E-state index contributed by atoms with van der Waals surface area (Å²) in [6.07, 6.45) is 4.94. The number of ether oxygens (including phenoxy) is 1. The summed E-state index contributed by atoms with van der Waals surface area (Å²) in [6.45, 7) is 7.09. The molecule has 3 heterocycles. The summed E-state index contributed by atoms with van der Waals surface area (Å²) < 4.78 is 5.67. The summed E-state index contributed by atoms with van der Waals surface area (Å²) in [5.41, 5.74) is 1.63. The van der Waals surface area contributed by atoms with Crippen molar-refractivity contribution >= 4 is 41.5 Å². The standard InChI is InChI=1S/C21H31ClN4O.HI/c1-23-20(26-11-7-21(15-26)8-12-27-16-21)24-14-19(25-9-2-3-10-25)17-5-4-6-18(22)13-17;/h4-6,13,19H,2-3,7-12,14-16H2,1H3,(H,23,24);1H. The molecule has 0 radical (unpaired) electrons. The fourth-order valence-electron chi connectivity index (χ4n) is 4.83. The van der Waals surface area contributed by atoms with E-state index in [0.29, 0.717) is 11.5 Å². The van der Waals surface area contributed by atoms with Crippen molar-refractivity contribution < 1.29 is 4.74 Å². The van der Waals surface area contributed by atoms with Gasteiger partial charge < -0.3 is 15.0 Å². The van der Waals surface area contributed by atoms with Gasteiger partial charge in [-0.15, -0.1) is 24.0 Å². The molecule has 0 aliphatic carbocycles. The van der Waals surface area contributed by atoms with Gasteiger partial charge in [-0.2, -0.15) is 0 Å². The van der Waals surface area contributed by atoms with Gasteiger partial charge in [-0.25, -0.2) is 0 Å². The molecule has 4 rings (SSSR count). The van der Waals surface area contributed by atoms with Crippen molar-refractivity contribution in [1.82, 2.24) is 15.1 Å². The van der Waals surface area contributed by atoms with Gasteiger partial charge >= 0.3 is 0 Å². The first-order chi connectivity index (χ1) is 13.2. The monoisotopic (exact) mass is 518 g/mol. The van der Waals surface area contributed by atoms with Gasteiger partial charge in [0.15, 0.2) is 5.96 Å². The van der Waals surface area contributed by atoms with Crippen LogP contribution in [0.3, 0.4) is 0 Å². The summed E-state index contributed by atoms with van der Waals surface area (Å²) in [5, 5.41) is 4.47. The maximum Gasteiger partial charge on any atom is 0.193 e. The fraction of sp³-hybridized carbons (Fsp3) is 0.667.